The van der Waals surface area contributed by atoms with Crippen LogP contribution in [0.2, 0.25) is 0 Å². The smallest absolute Gasteiger partial charge is 0.175 e. The van der Waals surface area contributed by atoms with E-state index in [9.17, 15) is 0 Å². The molecule has 0 spiro atoms. The summed E-state index contributed by atoms with van der Waals surface area (Å²) in [6.07, 6.45) is 7.34. The predicted molar refractivity (Wildman–Crippen MR) is 59.5 cm³/mol. The zero-order chi connectivity index (χ0) is 11.3. The molecule has 0 radical (unpaired) electrons. The molecule has 0 N–H and O–H groups in total. The van der Waals surface area contributed by atoms with E-state index >= 15 is 0 Å². The topological polar surface area (TPSA) is 43.5 Å². The first-order valence-corrected chi connectivity index (χ1v) is 6.53. The van der Waals surface area contributed by atoms with Crippen molar-refractivity contribution < 1.29 is 18.9 Å². The third kappa shape index (κ3) is 2.03. The van der Waals surface area contributed by atoms with Crippen molar-refractivity contribution in [1.82, 2.24) is 0 Å². The Morgan fingerprint density at radius 2 is 1.71 bits per heavy atom. The third-order valence-electron chi connectivity index (χ3n) is 4.12. The van der Waals surface area contributed by atoms with Crippen molar-refractivity contribution >= 4 is 0 Å². The van der Waals surface area contributed by atoms with E-state index in [1.807, 2.05) is 0 Å². The maximum Gasteiger partial charge on any atom is 0.175 e. The average Bonchev–Trinajstić information content (AvgIpc) is 3.26. The van der Waals surface area contributed by atoms with Gasteiger partial charge in [-0.2, -0.15) is 0 Å². The van der Waals surface area contributed by atoms with Crippen molar-refractivity contribution in [2.75, 3.05) is 26.4 Å². The molecule has 4 nitrogen and oxygen atoms in total. The summed E-state index contributed by atoms with van der Waals surface area (Å²) in [5, 5.41) is 0. The van der Waals surface area contributed by atoms with E-state index in [2.05, 4.69) is 12.2 Å². The summed E-state index contributed by atoms with van der Waals surface area (Å²) in [6, 6.07) is 0. The third-order valence-corrected chi connectivity index (χ3v) is 4.12. The Bertz CT molecular complexity index is 316. The second-order valence-corrected chi connectivity index (χ2v) is 5.54. The molecule has 4 rings (SSSR count). The van der Waals surface area contributed by atoms with Crippen molar-refractivity contribution in [3.05, 3.63) is 12.2 Å². The highest BCUT2D eigenvalue weighted by molar-refractivity contribution is 5.14. The Morgan fingerprint density at radius 1 is 1.06 bits per heavy atom. The molecule has 17 heavy (non-hydrogen) atoms. The number of hydrogen-bond acceptors (Lipinski definition) is 4. The molecule has 2 saturated heterocycles. The molecule has 4 unspecified atom stereocenters. The first kappa shape index (κ1) is 10.5. The van der Waals surface area contributed by atoms with Crippen LogP contribution in [0.25, 0.3) is 0 Å². The van der Waals surface area contributed by atoms with E-state index in [0.29, 0.717) is 37.3 Å². The molecule has 2 bridgehead atoms. The quantitative estimate of drug-likeness (QED) is 0.395. The second kappa shape index (κ2) is 3.79. The molecular weight excluding hydrogens is 220 g/mol. The molecule has 0 amide bonds. The first-order chi connectivity index (χ1) is 8.34. The Balaban J connectivity index is 1.43. The minimum atomic E-state index is -0.392. The number of epoxide rings is 2. The lowest BCUT2D eigenvalue weighted by Crippen LogP contribution is -2.42. The minimum Gasteiger partial charge on any atom is -0.371 e. The van der Waals surface area contributed by atoms with Crippen LogP contribution in [0, 0.1) is 11.8 Å². The maximum absolute atomic E-state index is 6.07. The summed E-state index contributed by atoms with van der Waals surface area (Å²) in [5.74, 6) is 0.669. The largest absolute Gasteiger partial charge is 0.371 e. The summed E-state index contributed by atoms with van der Waals surface area (Å²) in [4.78, 5) is 0. The SMILES string of the molecule is C1=CC2CC1CC2(OCC1CO1)OCC1CO1. The van der Waals surface area contributed by atoms with Gasteiger partial charge in [-0.3, -0.25) is 0 Å². The summed E-state index contributed by atoms with van der Waals surface area (Å²) < 4.78 is 22.6. The van der Waals surface area contributed by atoms with Crippen LogP contribution < -0.4 is 0 Å². The number of ether oxygens (including phenoxy) is 4. The van der Waals surface area contributed by atoms with Gasteiger partial charge in [-0.05, 0) is 12.3 Å². The van der Waals surface area contributed by atoms with Gasteiger partial charge in [-0.15, -0.1) is 0 Å². The highest BCUT2D eigenvalue weighted by atomic mass is 16.7. The van der Waals surface area contributed by atoms with Crippen molar-refractivity contribution in [2.24, 2.45) is 11.8 Å². The van der Waals surface area contributed by atoms with Gasteiger partial charge in [0.25, 0.3) is 0 Å². The molecule has 3 fully saturated rings. The van der Waals surface area contributed by atoms with Gasteiger partial charge >= 0.3 is 0 Å². The molecule has 0 aromatic heterocycles. The molecule has 1 saturated carbocycles. The Hall–Kier alpha value is -0.420. The summed E-state index contributed by atoms with van der Waals surface area (Å²) >= 11 is 0. The molecule has 0 aromatic rings. The summed E-state index contributed by atoms with van der Waals surface area (Å²) in [5.41, 5.74) is 0. The van der Waals surface area contributed by atoms with E-state index in [0.717, 1.165) is 19.6 Å². The fourth-order valence-corrected chi connectivity index (χ4v) is 2.94. The Morgan fingerprint density at radius 3 is 2.12 bits per heavy atom. The van der Waals surface area contributed by atoms with Gasteiger partial charge in [0.05, 0.1) is 26.4 Å². The summed E-state index contributed by atoms with van der Waals surface area (Å²) in [6.45, 7) is 3.02. The van der Waals surface area contributed by atoms with Gasteiger partial charge < -0.3 is 18.9 Å². The highest BCUT2D eigenvalue weighted by Gasteiger charge is 2.52. The molecular formula is C13H18O4. The van der Waals surface area contributed by atoms with Crippen LogP contribution in [-0.4, -0.2) is 44.4 Å². The van der Waals surface area contributed by atoms with E-state index in [-0.39, 0.29) is 0 Å². The molecule has 0 aromatic carbocycles. The van der Waals surface area contributed by atoms with Gasteiger partial charge in [-0.1, -0.05) is 12.2 Å². The van der Waals surface area contributed by atoms with Crippen LogP contribution in [0.4, 0.5) is 0 Å². The normalized spacial score (nSPS) is 49.9. The monoisotopic (exact) mass is 238 g/mol. The number of allylic oxidation sites excluding steroid dienone is 1. The van der Waals surface area contributed by atoms with E-state index < -0.39 is 5.79 Å². The van der Waals surface area contributed by atoms with Crippen LogP contribution in [0.1, 0.15) is 12.8 Å². The van der Waals surface area contributed by atoms with Crippen LogP contribution in [-0.2, 0) is 18.9 Å². The summed E-state index contributed by atoms with van der Waals surface area (Å²) in [7, 11) is 0. The van der Waals surface area contributed by atoms with Gasteiger partial charge in [0.15, 0.2) is 5.79 Å². The zero-order valence-corrected chi connectivity index (χ0v) is 9.84. The fraction of sp³-hybridized carbons (Fsp3) is 0.846. The van der Waals surface area contributed by atoms with Crippen molar-refractivity contribution in [2.45, 2.75) is 30.8 Å². The second-order valence-electron chi connectivity index (χ2n) is 5.54. The lowest BCUT2D eigenvalue weighted by molar-refractivity contribution is -0.254. The maximum atomic E-state index is 6.07. The molecule has 4 heteroatoms. The van der Waals surface area contributed by atoms with Crippen molar-refractivity contribution in [1.29, 1.82) is 0 Å². The molecule has 4 aliphatic rings. The van der Waals surface area contributed by atoms with E-state index in [1.165, 1.54) is 6.42 Å². The molecule has 2 aliphatic carbocycles. The molecule has 94 valence electrons. The predicted octanol–water partition coefficient (Wildman–Crippen LogP) is 1.11. The first-order valence-electron chi connectivity index (χ1n) is 6.53. The average molecular weight is 238 g/mol. The number of rotatable bonds is 6. The zero-order valence-electron chi connectivity index (χ0n) is 9.84. The standard InChI is InChI=1S/C13H18O4/c1-2-10-3-9(1)4-13(10,16-7-11-5-14-11)17-8-12-6-15-12/h1-2,9-12H,3-8H2. The van der Waals surface area contributed by atoms with Crippen LogP contribution in [0.15, 0.2) is 12.2 Å². The van der Waals surface area contributed by atoms with E-state index in [1.54, 1.807) is 0 Å². The van der Waals surface area contributed by atoms with Gasteiger partial charge in [0, 0.05) is 12.3 Å². The Labute approximate surface area is 101 Å². The highest BCUT2D eigenvalue weighted by Crippen LogP contribution is 2.49. The fourth-order valence-electron chi connectivity index (χ4n) is 2.94. The molecule has 2 aliphatic heterocycles. The minimum absolute atomic E-state index is 0.302. The van der Waals surface area contributed by atoms with E-state index in [4.69, 9.17) is 18.9 Å². The van der Waals surface area contributed by atoms with Crippen LogP contribution in [0.5, 0.6) is 0 Å². The lowest BCUT2D eigenvalue weighted by Gasteiger charge is -2.35. The Kier molecular flexibility index (Phi) is 2.34. The van der Waals surface area contributed by atoms with Crippen molar-refractivity contribution in [3.8, 4) is 0 Å². The van der Waals surface area contributed by atoms with Gasteiger partial charge in [0.1, 0.15) is 12.2 Å². The van der Waals surface area contributed by atoms with Crippen LogP contribution >= 0.6 is 0 Å². The number of hydrogen-bond donors (Lipinski definition) is 0. The number of fused-ring (bicyclic) bond motifs is 2. The lowest BCUT2D eigenvalue weighted by atomic mass is 10.00. The van der Waals surface area contributed by atoms with Gasteiger partial charge in [-0.25, -0.2) is 0 Å². The van der Waals surface area contributed by atoms with Gasteiger partial charge in [0.2, 0.25) is 0 Å². The van der Waals surface area contributed by atoms with Crippen LogP contribution in [0.3, 0.4) is 0 Å². The molecule has 4 atom stereocenters. The van der Waals surface area contributed by atoms with Crippen molar-refractivity contribution in [3.63, 3.8) is 0 Å². The molecule has 2 heterocycles.